The predicted octanol–water partition coefficient (Wildman–Crippen LogP) is 3.97. The van der Waals surface area contributed by atoms with Crippen LogP contribution >= 0.6 is 15.9 Å². The summed E-state index contributed by atoms with van der Waals surface area (Å²) in [6.07, 6.45) is 0. The van der Waals surface area contributed by atoms with E-state index in [-0.39, 0.29) is 11.5 Å². The second kappa shape index (κ2) is 6.96. The van der Waals surface area contributed by atoms with E-state index in [1.54, 1.807) is 12.1 Å². The van der Waals surface area contributed by atoms with E-state index < -0.39 is 17.6 Å². The average Bonchev–Trinajstić information content (AvgIpc) is 3.10. The Kier molecular flexibility index (Phi) is 4.61. The Morgan fingerprint density at radius 1 is 1.00 bits per heavy atom. The van der Waals surface area contributed by atoms with Crippen molar-refractivity contribution in [2.24, 2.45) is 0 Å². The average molecular weight is 440 g/mol. The number of halogens is 1. The Morgan fingerprint density at radius 2 is 1.64 bits per heavy atom. The van der Waals surface area contributed by atoms with Crippen molar-refractivity contribution < 1.29 is 19.7 Å². The van der Waals surface area contributed by atoms with Crippen molar-refractivity contribution in [2.45, 2.75) is 11.6 Å². The number of carbonyl (C=O) groups excluding carboxylic acids is 1. The molecular weight excluding hydrogens is 422 g/mol. The Balaban J connectivity index is 2.04. The van der Waals surface area contributed by atoms with Crippen LogP contribution in [0.5, 0.6) is 11.5 Å². The van der Waals surface area contributed by atoms with E-state index in [2.05, 4.69) is 21.2 Å². The molecule has 1 heterocycles. The summed E-state index contributed by atoms with van der Waals surface area (Å²) >= 11 is 3.42. The zero-order chi connectivity index (χ0) is 19.9. The first-order chi connectivity index (χ1) is 13.5. The van der Waals surface area contributed by atoms with Gasteiger partial charge in [0.1, 0.15) is 11.5 Å². The van der Waals surface area contributed by atoms with Gasteiger partial charge in [-0.15, -0.1) is 0 Å². The lowest BCUT2D eigenvalue weighted by Crippen LogP contribution is -2.47. The highest BCUT2D eigenvalue weighted by Gasteiger charge is 2.54. The standard InChI is InChI=1S/C22H18BrNO4/c1-28-21(27)22(14-5-3-2-4-6-14)19-17(26)12-11-16(25)18(19)20(24-22)13-7-9-15(23)10-8-13/h2-12,20,24-26H,1H3/t20-,22-/m0/s1. The summed E-state index contributed by atoms with van der Waals surface area (Å²) in [6.45, 7) is 0. The van der Waals surface area contributed by atoms with E-state index in [0.29, 0.717) is 16.7 Å². The third-order valence-corrected chi connectivity index (χ3v) is 5.66. The molecule has 2 atom stereocenters. The highest BCUT2D eigenvalue weighted by molar-refractivity contribution is 9.10. The van der Waals surface area contributed by atoms with Crippen LogP contribution in [0, 0.1) is 0 Å². The molecule has 0 aromatic heterocycles. The van der Waals surface area contributed by atoms with Crippen molar-refractivity contribution in [3.63, 3.8) is 0 Å². The summed E-state index contributed by atoms with van der Waals surface area (Å²) < 4.78 is 6.06. The lowest BCUT2D eigenvalue weighted by molar-refractivity contribution is -0.147. The molecule has 1 aliphatic heterocycles. The molecule has 0 amide bonds. The van der Waals surface area contributed by atoms with Crippen molar-refractivity contribution in [3.8, 4) is 11.5 Å². The quantitative estimate of drug-likeness (QED) is 0.425. The van der Waals surface area contributed by atoms with Gasteiger partial charge in [0.05, 0.1) is 13.2 Å². The number of esters is 1. The van der Waals surface area contributed by atoms with E-state index in [1.807, 2.05) is 42.5 Å². The molecule has 3 aromatic rings. The molecule has 4 rings (SSSR count). The van der Waals surface area contributed by atoms with E-state index in [1.165, 1.54) is 19.2 Å². The summed E-state index contributed by atoms with van der Waals surface area (Å²) in [4.78, 5) is 13.1. The number of carbonyl (C=O) groups is 1. The van der Waals surface area contributed by atoms with Crippen molar-refractivity contribution in [1.82, 2.24) is 5.32 Å². The molecule has 3 aromatic carbocycles. The zero-order valence-corrected chi connectivity index (χ0v) is 16.6. The van der Waals surface area contributed by atoms with Gasteiger partial charge in [0.2, 0.25) is 0 Å². The Bertz CT molecular complexity index is 1040. The van der Waals surface area contributed by atoms with Crippen LogP contribution in [0.4, 0.5) is 0 Å². The third-order valence-electron chi connectivity index (χ3n) is 5.13. The molecule has 3 N–H and O–H groups in total. The Morgan fingerprint density at radius 3 is 2.29 bits per heavy atom. The monoisotopic (exact) mass is 439 g/mol. The molecule has 5 nitrogen and oxygen atoms in total. The summed E-state index contributed by atoms with van der Waals surface area (Å²) in [5.74, 6) is -0.662. The Hall–Kier alpha value is -2.83. The molecule has 0 radical (unpaired) electrons. The second-order valence-electron chi connectivity index (χ2n) is 6.63. The number of aromatic hydroxyl groups is 2. The van der Waals surface area contributed by atoms with Crippen LogP contribution in [-0.2, 0) is 15.1 Å². The minimum Gasteiger partial charge on any atom is -0.508 e. The number of hydrogen-bond acceptors (Lipinski definition) is 5. The topological polar surface area (TPSA) is 78.8 Å². The molecule has 0 saturated carbocycles. The normalized spacial score (nSPS) is 20.6. The fourth-order valence-corrected chi connectivity index (χ4v) is 4.16. The smallest absolute Gasteiger partial charge is 0.335 e. The highest BCUT2D eigenvalue weighted by atomic mass is 79.9. The zero-order valence-electron chi connectivity index (χ0n) is 15.0. The Labute approximate surface area is 170 Å². The predicted molar refractivity (Wildman–Crippen MR) is 108 cm³/mol. The van der Waals surface area contributed by atoms with Crippen LogP contribution in [-0.4, -0.2) is 23.3 Å². The molecule has 142 valence electrons. The first-order valence-corrected chi connectivity index (χ1v) is 9.50. The molecular formula is C22H18BrNO4. The fraction of sp³-hybridized carbons (Fsp3) is 0.136. The molecule has 6 heteroatoms. The largest absolute Gasteiger partial charge is 0.508 e. The van der Waals surface area contributed by atoms with Gasteiger partial charge in [0.25, 0.3) is 0 Å². The van der Waals surface area contributed by atoms with Gasteiger partial charge in [-0.1, -0.05) is 58.4 Å². The van der Waals surface area contributed by atoms with Crippen LogP contribution in [0.2, 0.25) is 0 Å². The van der Waals surface area contributed by atoms with Gasteiger partial charge < -0.3 is 14.9 Å². The van der Waals surface area contributed by atoms with Crippen molar-refractivity contribution in [2.75, 3.05) is 7.11 Å². The summed E-state index contributed by atoms with van der Waals surface area (Å²) in [5, 5.41) is 24.7. The number of phenolic OH excluding ortho intramolecular Hbond substituents is 2. The van der Waals surface area contributed by atoms with Crippen molar-refractivity contribution >= 4 is 21.9 Å². The molecule has 0 spiro atoms. The van der Waals surface area contributed by atoms with Crippen LogP contribution < -0.4 is 5.32 Å². The van der Waals surface area contributed by atoms with Crippen LogP contribution in [0.1, 0.15) is 28.3 Å². The van der Waals surface area contributed by atoms with Crippen molar-refractivity contribution in [3.05, 3.63) is 93.5 Å². The number of fused-ring (bicyclic) bond motifs is 1. The molecule has 0 unspecified atom stereocenters. The van der Waals surface area contributed by atoms with Gasteiger partial charge in [-0.25, -0.2) is 4.79 Å². The van der Waals surface area contributed by atoms with Gasteiger partial charge in [-0.05, 0) is 35.4 Å². The number of rotatable bonds is 3. The second-order valence-corrected chi connectivity index (χ2v) is 7.54. The molecule has 0 aliphatic carbocycles. The lowest BCUT2D eigenvalue weighted by Gasteiger charge is -2.29. The summed E-state index contributed by atoms with van der Waals surface area (Å²) in [5.41, 5.74) is 0.761. The van der Waals surface area contributed by atoms with Gasteiger partial charge in [0, 0.05) is 15.6 Å². The number of nitrogens with one attached hydrogen (secondary N) is 1. The maximum atomic E-state index is 13.1. The van der Waals surface area contributed by atoms with Crippen LogP contribution in [0.3, 0.4) is 0 Å². The van der Waals surface area contributed by atoms with Gasteiger partial charge in [0.15, 0.2) is 5.54 Å². The highest BCUT2D eigenvalue weighted by Crippen LogP contribution is 2.52. The molecule has 0 saturated heterocycles. The minimum absolute atomic E-state index is 0.00470. The fourth-order valence-electron chi connectivity index (χ4n) is 3.90. The summed E-state index contributed by atoms with van der Waals surface area (Å²) in [7, 11) is 1.31. The SMILES string of the molecule is COC(=O)[C@@]1(c2ccccc2)N[C@@H](c2ccc(Br)cc2)c2c(O)ccc(O)c21. The molecule has 28 heavy (non-hydrogen) atoms. The van der Waals surface area contributed by atoms with E-state index in [9.17, 15) is 15.0 Å². The van der Waals surface area contributed by atoms with Crippen LogP contribution in [0.15, 0.2) is 71.2 Å². The van der Waals surface area contributed by atoms with E-state index in [4.69, 9.17) is 4.74 Å². The van der Waals surface area contributed by atoms with E-state index >= 15 is 0 Å². The minimum atomic E-state index is -1.45. The number of ether oxygens (including phenoxy) is 1. The van der Waals surface area contributed by atoms with Gasteiger partial charge in [-0.3, -0.25) is 5.32 Å². The molecule has 0 bridgehead atoms. The summed E-state index contributed by atoms with van der Waals surface area (Å²) in [6, 6.07) is 18.9. The number of methoxy groups -OCH3 is 1. The van der Waals surface area contributed by atoms with Gasteiger partial charge in [-0.2, -0.15) is 0 Å². The molecule has 0 fully saturated rings. The number of phenols is 2. The third kappa shape index (κ3) is 2.68. The maximum Gasteiger partial charge on any atom is 0.335 e. The number of hydrogen-bond donors (Lipinski definition) is 3. The molecule has 1 aliphatic rings. The maximum absolute atomic E-state index is 13.1. The van der Waals surface area contributed by atoms with E-state index in [0.717, 1.165) is 10.0 Å². The first kappa shape index (κ1) is 18.5. The van der Waals surface area contributed by atoms with Crippen molar-refractivity contribution in [1.29, 1.82) is 0 Å². The van der Waals surface area contributed by atoms with Crippen LogP contribution in [0.25, 0.3) is 0 Å². The lowest BCUT2D eigenvalue weighted by atomic mass is 9.82. The van der Waals surface area contributed by atoms with Gasteiger partial charge >= 0.3 is 5.97 Å². The number of benzene rings is 3. The first-order valence-electron chi connectivity index (χ1n) is 8.71.